The minimum Gasteiger partial charge on any atom is -0.299 e. The fourth-order valence-corrected chi connectivity index (χ4v) is 1.10. The van der Waals surface area contributed by atoms with Crippen LogP contribution in [0.15, 0.2) is 12.7 Å². The van der Waals surface area contributed by atoms with E-state index in [0.29, 0.717) is 5.78 Å². The Kier molecular flexibility index (Phi) is 3.50. The van der Waals surface area contributed by atoms with Gasteiger partial charge in [0, 0.05) is 11.3 Å². The molecule has 0 aliphatic carbocycles. The molecule has 11 heavy (non-hydrogen) atoms. The molecule has 1 heteroatoms. The summed E-state index contributed by atoms with van der Waals surface area (Å²) < 4.78 is 0. The first kappa shape index (κ1) is 10.4. The minimum absolute atomic E-state index is 0.118. The number of rotatable bonds is 3. The maximum absolute atomic E-state index is 11.5. The van der Waals surface area contributed by atoms with Crippen LogP contribution >= 0.6 is 0 Å². The molecular formula is C10H18O. The second-order valence-electron chi connectivity index (χ2n) is 4.04. The average molecular weight is 154 g/mol. The van der Waals surface area contributed by atoms with Crippen molar-refractivity contribution < 1.29 is 4.79 Å². The quantitative estimate of drug-likeness (QED) is 0.571. The predicted octanol–water partition coefficient (Wildman–Crippen LogP) is 2.81. The van der Waals surface area contributed by atoms with Gasteiger partial charge in [0.25, 0.3) is 0 Å². The van der Waals surface area contributed by atoms with E-state index in [2.05, 4.69) is 6.58 Å². The molecule has 0 rings (SSSR count). The second kappa shape index (κ2) is 3.70. The summed E-state index contributed by atoms with van der Waals surface area (Å²) in [6, 6.07) is 0. The van der Waals surface area contributed by atoms with Gasteiger partial charge >= 0.3 is 0 Å². The van der Waals surface area contributed by atoms with E-state index in [0.717, 1.165) is 6.42 Å². The number of hydrogen-bond acceptors (Lipinski definition) is 1. The molecule has 0 radical (unpaired) electrons. The van der Waals surface area contributed by atoms with E-state index < -0.39 is 0 Å². The fraction of sp³-hybridized carbons (Fsp3) is 0.700. The van der Waals surface area contributed by atoms with Crippen LogP contribution in [0.3, 0.4) is 0 Å². The first-order chi connectivity index (χ1) is 4.89. The topological polar surface area (TPSA) is 17.1 Å². The Hall–Kier alpha value is -0.590. The van der Waals surface area contributed by atoms with Crippen molar-refractivity contribution in [3.63, 3.8) is 0 Å². The van der Waals surface area contributed by atoms with E-state index in [9.17, 15) is 4.79 Å². The van der Waals surface area contributed by atoms with Crippen LogP contribution in [0.25, 0.3) is 0 Å². The van der Waals surface area contributed by atoms with Crippen molar-refractivity contribution in [3.05, 3.63) is 12.7 Å². The third-order valence-corrected chi connectivity index (χ3v) is 1.71. The molecule has 64 valence electrons. The monoisotopic (exact) mass is 154 g/mol. The zero-order valence-corrected chi connectivity index (χ0v) is 7.98. The van der Waals surface area contributed by atoms with Gasteiger partial charge in [-0.3, -0.25) is 4.79 Å². The molecule has 0 aliphatic heterocycles. The maximum Gasteiger partial charge on any atom is 0.141 e. The highest BCUT2D eigenvalue weighted by Crippen LogP contribution is 2.21. The summed E-state index contributed by atoms with van der Waals surface area (Å²) in [6.45, 7) is 11.4. The van der Waals surface area contributed by atoms with E-state index in [1.54, 1.807) is 6.08 Å². The van der Waals surface area contributed by atoms with Crippen LogP contribution in [0.2, 0.25) is 0 Å². The van der Waals surface area contributed by atoms with E-state index in [4.69, 9.17) is 0 Å². The van der Waals surface area contributed by atoms with Crippen molar-refractivity contribution in [2.75, 3.05) is 0 Å². The average Bonchev–Trinajstić information content (AvgIpc) is 1.85. The van der Waals surface area contributed by atoms with Crippen molar-refractivity contribution in [1.29, 1.82) is 0 Å². The zero-order chi connectivity index (χ0) is 9.07. The Morgan fingerprint density at radius 3 is 2.27 bits per heavy atom. The van der Waals surface area contributed by atoms with Crippen molar-refractivity contribution >= 4 is 5.78 Å². The standard InChI is InChI=1S/C10H18O/c1-6-7-8(2)9(11)10(3,4)5/h6,8H,1,7H2,2-5H3. The lowest BCUT2D eigenvalue weighted by molar-refractivity contribution is -0.129. The highest BCUT2D eigenvalue weighted by molar-refractivity contribution is 5.85. The van der Waals surface area contributed by atoms with E-state index >= 15 is 0 Å². The third kappa shape index (κ3) is 3.35. The third-order valence-electron chi connectivity index (χ3n) is 1.71. The maximum atomic E-state index is 11.5. The summed E-state index contributed by atoms with van der Waals surface area (Å²) in [7, 11) is 0. The van der Waals surface area contributed by atoms with E-state index in [-0.39, 0.29) is 11.3 Å². The smallest absolute Gasteiger partial charge is 0.141 e. The van der Waals surface area contributed by atoms with Crippen LogP contribution in [0.5, 0.6) is 0 Å². The molecule has 1 unspecified atom stereocenters. The number of carbonyl (C=O) groups excluding carboxylic acids is 1. The molecule has 0 bridgehead atoms. The zero-order valence-electron chi connectivity index (χ0n) is 7.98. The van der Waals surface area contributed by atoms with E-state index in [1.165, 1.54) is 0 Å². The first-order valence-electron chi connectivity index (χ1n) is 4.04. The number of allylic oxidation sites excluding steroid dienone is 1. The van der Waals surface area contributed by atoms with Gasteiger partial charge in [0.15, 0.2) is 0 Å². The van der Waals surface area contributed by atoms with Gasteiger partial charge in [-0.2, -0.15) is 0 Å². The summed E-state index contributed by atoms with van der Waals surface area (Å²) in [6.07, 6.45) is 2.59. The fourth-order valence-electron chi connectivity index (χ4n) is 1.10. The molecule has 0 spiro atoms. The molecule has 0 aromatic carbocycles. The van der Waals surface area contributed by atoms with Crippen molar-refractivity contribution in [2.45, 2.75) is 34.1 Å². The second-order valence-corrected chi connectivity index (χ2v) is 4.04. The van der Waals surface area contributed by atoms with Crippen LogP contribution < -0.4 is 0 Å². The molecule has 0 heterocycles. The molecule has 1 nitrogen and oxygen atoms in total. The van der Waals surface area contributed by atoms with Gasteiger partial charge in [-0.1, -0.05) is 33.8 Å². The molecule has 0 saturated heterocycles. The first-order valence-corrected chi connectivity index (χ1v) is 4.04. The van der Waals surface area contributed by atoms with Gasteiger partial charge in [0.1, 0.15) is 5.78 Å². The highest BCUT2D eigenvalue weighted by Gasteiger charge is 2.25. The summed E-state index contributed by atoms with van der Waals surface area (Å²) in [5.74, 6) is 0.435. The van der Waals surface area contributed by atoms with Crippen LogP contribution in [-0.4, -0.2) is 5.78 Å². The molecular weight excluding hydrogens is 136 g/mol. The lowest BCUT2D eigenvalue weighted by atomic mass is 9.82. The van der Waals surface area contributed by atoms with Crippen LogP contribution in [0.1, 0.15) is 34.1 Å². The Morgan fingerprint density at radius 2 is 2.00 bits per heavy atom. The summed E-state index contributed by atoms with van der Waals surface area (Å²) >= 11 is 0. The molecule has 1 atom stereocenters. The summed E-state index contributed by atoms with van der Waals surface area (Å²) in [4.78, 5) is 11.5. The molecule has 0 amide bonds. The SMILES string of the molecule is C=CCC(C)C(=O)C(C)(C)C. The Labute approximate surface area is 69.5 Å². The molecule has 0 aromatic rings. The van der Waals surface area contributed by atoms with Crippen LogP contribution in [-0.2, 0) is 4.79 Å². The van der Waals surface area contributed by atoms with Gasteiger partial charge in [-0.25, -0.2) is 0 Å². The van der Waals surface area contributed by atoms with Crippen molar-refractivity contribution in [2.24, 2.45) is 11.3 Å². The molecule has 0 aliphatic rings. The number of Topliss-reactive ketones (excluding diaryl/α,β-unsaturated/α-hetero) is 1. The number of carbonyl (C=O) groups is 1. The minimum atomic E-state index is -0.206. The molecule has 0 N–H and O–H groups in total. The van der Waals surface area contributed by atoms with Gasteiger partial charge in [-0.05, 0) is 6.42 Å². The Balaban J connectivity index is 4.13. The number of ketones is 1. The van der Waals surface area contributed by atoms with E-state index in [1.807, 2.05) is 27.7 Å². The van der Waals surface area contributed by atoms with Crippen molar-refractivity contribution in [1.82, 2.24) is 0 Å². The highest BCUT2D eigenvalue weighted by atomic mass is 16.1. The van der Waals surface area contributed by atoms with Gasteiger partial charge in [0.2, 0.25) is 0 Å². The van der Waals surface area contributed by atoms with Gasteiger partial charge < -0.3 is 0 Å². The van der Waals surface area contributed by atoms with Crippen molar-refractivity contribution in [3.8, 4) is 0 Å². The summed E-state index contributed by atoms with van der Waals surface area (Å²) in [5, 5.41) is 0. The Morgan fingerprint density at radius 1 is 1.55 bits per heavy atom. The van der Waals surface area contributed by atoms with Crippen LogP contribution in [0.4, 0.5) is 0 Å². The van der Waals surface area contributed by atoms with Crippen LogP contribution in [0, 0.1) is 11.3 Å². The molecule has 0 saturated carbocycles. The largest absolute Gasteiger partial charge is 0.299 e. The lowest BCUT2D eigenvalue weighted by Gasteiger charge is -2.20. The normalized spacial score (nSPS) is 14.2. The summed E-state index contributed by atoms with van der Waals surface area (Å²) in [5.41, 5.74) is -0.206. The molecule has 0 aromatic heterocycles. The van der Waals surface area contributed by atoms with Gasteiger partial charge in [-0.15, -0.1) is 6.58 Å². The predicted molar refractivity (Wildman–Crippen MR) is 48.4 cm³/mol. The van der Waals surface area contributed by atoms with Gasteiger partial charge in [0.05, 0.1) is 0 Å². The molecule has 0 fully saturated rings. The Bertz CT molecular complexity index is 151. The number of hydrogen-bond donors (Lipinski definition) is 0. The lowest BCUT2D eigenvalue weighted by Crippen LogP contribution is -2.26.